The van der Waals surface area contributed by atoms with Gasteiger partial charge in [-0.15, -0.1) is 11.3 Å². The highest BCUT2D eigenvalue weighted by Crippen LogP contribution is 2.19. The van der Waals surface area contributed by atoms with E-state index < -0.39 is 12.1 Å². The van der Waals surface area contributed by atoms with Gasteiger partial charge in [0.2, 0.25) is 5.91 Å². The van der Waals surface area contributed by atoms with Crippen LogP contribution in [-0.2, 0) is 11.2 Å². The van der Waals surface area contributed by atoms with Gasteiger partial charge in [0.05, 0.1) is 0 Å². The number of aromatic nitrogens is 1. The average Bonchev–Trinajstić information content (AvgIpc) is 3.16. The topological polar surface area (TPSA) is 91.6 Å². The van der Waals surface area contributed by atoms with Gasteiger partial charge in [0.1, 0.15) is 6.04 Å². The van der Waals surface area contributed by atoms with Crippen molar-refractivity contribution in [2.75, 3.05) is 31.1 Å². The van der Waals surface area contributed by atoms with Crippen molar-refractivity contribution in [3.05, 3.63) is 47.5 Å². The van der Waals surface area contributed by atoms with Crippen molar-refractivity contribution in [1.82, 2.24) is 15.2 Å². The minimum Gasteiger partial charge on any atom is -0.352 e. The number of hydrogen-bond donors (Lipinski definition) is 2. The van der Waals surface area contributed by atoms with Crippen molar-refractivity contribution in [3.8, 4) is 0 Å². The van der Waals surface area contributed by atoms with E-state index in [1.807, 2.05) is 35.7 Å². The molecule has 8 heteroatoms. The minimum absolute atomic E-state index is 0.0959. The summed E-state index contributed by atoms with van der Waals surface area (Å²) in [6.07, 6.45) is 2.21. The fraction of sp³-hybridized carbons (Fsp3) is 0.353. The number of urea groups is 1. The number of thiazole rings is 1. The van der Waals surface area contributed by atoms with Crippen LogP contribution in [0.5, 0.6) is 0 Å². The third kappa shape index (κ3) is 4.48. The number of amides is 3. The number of nitrogens with zero attached hydrogens (tertiary/aromatic N) is 3. The van der Waals surface area contributed by atoms with Gasteiger partial charge in [-0.05, 0) is 5.56 Å². The number of hydrogen-bond acceptors (Lipinski definition) is 5. The predicted octanol–water partition coefficient (Wildman–Crippen LogP) is 1.07. The van der Waals surface area contributed by atoms with E-state index in [9.17, 15) is 9.59 Å². The lowest BCUT2D eigenvalue weighted by Crippen LogP contribution is -2.56. The molecule has 25 heavy (non-hydrogen) atoms. The monoisotopic (exact) mass is 359 g/mol. The molecule has 3 amide bonds. The molecule has 3 N–H and O–H groups in total. The van der Waals surface area contributed by atoms with Crippen LogP contribution in [0.4, 0.5) is 9.93 Å². The summed E-state index contributed by atoms with van der Waals surface area (Å²) in [5.74, 6) is -0.0959. The number of carbonyl (C=O) groups is 2. The molecule has 3 rings (SSSR count). The summed E-state index contributed by atoms with van der Waals surface area (Å²) in [5, 5.41) is 5.51. The van der Waals surface area contributed by atoms with Gasteiger partial charge in [0, 0.05) is 44.2 Å². The molecule has 1 atom stereocenters. The highest BCUT2D eigenvalue weighted by atomic mass is 32.1. The summed E-state index contributed by atoms with van der Waals surface area (Å²) in [7, 11) is 0. The molecule has 132 valence electrons. The van der Waals surface area contributed by atoms with Crippen molar-refractivity contribution >= 4 is 28.4 Å². The number of benzene rings is 1. The molecule has 1 aromatic carbocycles. The minimum atomic E-state index is -0.685. The second-order valence-electron chi connectivity index (χ2n) is 5.88. The molecule has 2 aromatic rings. The van der Waals surface area contributed by atoms with E-state index >= 15 is 0 Å². The van der Waals surface area contributed by atoms with Gasteiger partial charge in [-0.25, -0.2) is 9.78 Å². The van der Waals surface area contributed by atoms with Crippen LogP contribution in [0.3, 0.4) is 0 Å². The van der Waals surface area contributed by atoms with Gasteiger partial charge in [-0.3, -0.25) is 4.79 Å². The lowest BCUT2D eigenvalue weighted by molar-refractivity contribution is -0.133. The van der Waals surface area contributed by atoms with Crippen molar-refractivity contribution in [3.63, 3.8) is 0 Å². The number of nitrogens with two attached hydrogens (primary N) is 1. The highest BCUT2D eigenvalue weighted by molar-refractivity contribution is 7.13. The largest absolute Gasteiger partial charge is 0.352 e. The fourth-order valence-electron chi connectivity index (χ4n) is 2.93. The molecule has 0 saturated carbocycles. The number of piperazine rings is 1. The Morgan fingerprint density at radius 3 is 2.52 bits per heavy atom. The van der Waals surface area contributed by atoms with Crippen molar-refractivity contribution < 1.29 is 9.59 Å². The Hall–Kier alpha value is -2.61. The van der Waals surface area contributed by atoms with Gasteiger partial charge in [0.15, 0.2) is 5.13 Å². The van der Waals surface area contributed by atoms with Crippen LogP contribution in [0, 0.1) is 0 Å². The Labute approximate surface area is 150 Å². The number of rotatable bonds is 5. The van der Waals surface area contributed by atoms with Crippen LogP contribution in [0.2, 0.25) is 0 Å². The Kier molecular flexibility index (Phi) is 5.49. The van der Waals surface area contributed by atoms with E-state index in [-0.39, 0.29) is 5.91 Å². The summed E-state index contributed by atoms with van der Waals surface area (Å²) in [6, 6.07) is 8.27. The summed E-state index contributed by atoms with van der Waals surface area (Å²) in [6.45, 7) is 2.66. The van der Waals surface area contributed by atoms with Gasteiger partial charge in [-0.2, -0.15) is 0 Å². The van der Waals surface area contributed by atoms with E-state index in [1.165, 1.54) is 0 Å². The molecule has 7 nitrogen and oxygen atoms in total. The third-order valence-electron chi connectivity index (χ3n) is 4.18. The number of nitrogens with one attached hydrogen (secondary N) is 1. The van der Waals surface area contributed by atoms with E-state index in [1.54, 1.807) is 22.4 Å². The first-order valence-corrected chi connectivity index (χ1v) is 9.04. The quantitative estimate of drug-likeness (QED) is 0.835. The second kappa shape index (κ2) is 7.98. The van der Waals surface area contributed by atoms with E-state index in [0.717, 1.165) is 23.8 Å². The molecule has 0 bridgehead atoms. The molecule has 1 aliphatic heterocycles. The third-order valence-corrected chi connectivity index (χ3v) is 5.01. The first kappa shape index (κ1) is 17.2. The molecule has 0 aliphatic carbocycles. The normalized spacial score (nSPS) is 15.7. The zero-order valence-corrected chi connectivity index (χ0v) is 14.6. The van der Waals surface area contributed by atoms with E-state index in [2.05, 4.69) is 15.2 Å². The first-order chi connectivity index (χ1) is 12.1. The summed E-state index contributed by atoms with van der Waals surface area (Å²) in [4.78, 5) is 32.4. The smallest absolute Gasteiger partial charge is 0.312 e. The number of carbonyl (C=O) groups excluding carboxylic acids is 2. The Morgan fingerprint density at radius 2 is 1.92 bits per heavy atom. The lowest BCUT2D eigenvalue weighted by atomic mass is 10.0. The van der Waals surface area contributed by atoms with Gasteiger partial charge < -0.3 is 20.9 Å². The maximum Gasteiger partial charge on any atom is 0.312 e. The molecular weight excluding hydrogens is 338 g/mol. The molecule has 1 fully saturated rings. The summed E-state index contributed by atoms with van der Waals surface area (Å²) in [5.41, 5.74) is 6.25. The molecule has 1 aromatic heterocycles. The van der Waals surface area contributed by atoms with Crippen LogP contribution >= 0.6 is 11.3 Å². The Balaban J connectivity index is 1.63. The molecule has 1 saturated heterocycles. The Morgan fingerprint density at radius 1 is 1.20 bits per heavy atom. The Bertz CT molecular complexity index is 699. The summed E-state index contributed by atoms with van der Waals surface area (Å²) < 4.78 is 0. The maximum atomic E-state index is 12.9. The zero-order valence-electron chi connectivity index (χ0n) is 13.8. The molecule has 0 spiro atoms. The van der Waals surface area contributed by atoms with Gasteiger partial charge in [-0.1, -0.05) is 30.3 Å². The van der Waals surface area contributed by atoms with Crippen molar-refractivity contribution in [2.24, 2.45) is 5.73 Å². The maximum absolute atomic E-state index is 12.9. The van der Waals surface area contributed by atoms with Crippen LogP contribution in [-0.4, -0.2) is 54.0 Å². The zero-order chi connectivity index (χ0) is 17.6. The lowest BCUT2D eigenvalue weighted by Gasteiger charge is -2.36. The average molecular weight is 359 g/mol. The van der Waals surface area contributed by atoms with Crippen LogP contribution < -0.4 is 16.0 Å². The molecule has 2 heterocycles. The van der Waals surface area contributed by atoms with Crippen LogP contribution in [0.15, 0.2) is 41.9 Å². The second-order valence-corrected chi connectivity index (χ2v) is 6.75. The van der Waals surface area contributed by atoms with E-state index in [4.69, 9.17) is 5.73 Å². The van der Waals surface area contributed by atoms with Crippen molar-refractivity contribution in [2.45, 2.75) is 12.5 Å². The van der Waals surface area contributed by atoms with E-state index in [0.29, 0.717) is 19.5 Å². The number of anilines is 1. The fourth-order valence-corrected chi connectivity index (χ4v) is 3.63. The van der Waals surface area contributed by atoms with Crippen molar-refractivity contribution in [1.29, 1.82) is 0 Å². The highest BCUT2D eigenvalue weighted by Gasteiger charge is 2.29. The molecular formula is C17H21N5O2S. The molecule has 0 radical (unpaired) electrons. The SMILES string of the molecule is NC(=O)NC(Cc1ccccc1)C(=O)N1CCN(c2nccs2)CC1. The predicted molar refractivity (Wildman–Crippen MR) is 97.6 cm³/mol. The van der Waals surface area contributed by atoms with Crippen LogP contribution in [0.1, 0.15) is 5.56 Å². The first-order valence-electron chi connectivity index (χ1n) is 8.16. The van der Waals surface area contributed by atoms with Gasteiger partial charge in [0.25, 0.3) is 0 Å². The summed E-state index contributed by atoms with van der Waals surface area (Å²) >= 11 is 1.59. The van der Waals surface area contributed by atoms with Gasteiger partial charge >= 0.3 is 6.03 Å². The molecule has 1 aliphatic rings. The number of primary amides is 1. The standard InChI is InChI=1S/C17H21N5O2S/c18-16(24)20-14(12-13-4-2-1-3-5-13)15(23)21-7-9-22(10-8-21)17-19-6-11-25-17/h1-6,11,14H,7-10,12H2,(H3,18,20,24). The van der Waals surface area contributed by atoms with Crippen LogP contribution in [0.25, 0.3) is 0 Å². The molecule has 1 unspecified atom stereocenters.